The summed E-state index contributed by atoms with van der Waals surface area (Å²) in [6.45, 7) is 2.23. The first-order valence-corrected chi connectivity index (χ1v) is 7.94. The molecule has 2 nitrogen and oxygen atoms in total. The summed E-state index contributed by atoms with van der Waals surface area (Å²) in [5, 5.41) is 8.48. The zero-order valence-electron chi connectivity index (χ0n) is 15.6. The molecule has 0 unspecified atom stereocenters. The molecular weight excluding hydrogens is 288 g/mol. The second kappa shape index (κ2) is 19.9. The van der Waals surface area contributed by atoms with Crippen LogP contribution in [0, 0.1) is 0 Å². The van der Waals surface area contributed by atoms with Crippen molar-refractivity contribution in [3.63, 3.8) is 0 Å². The van der Waals surface area contributed by atoms with Crippen LogP contribution in [0.1, 0.15) is 74.0 Å². The molecule has 0 aromatic carbocycles. The molecule has 118 valence electrons. The third-order valence-electron chi connectivity index (χ3n) is 3.03. The number of rotatable bonds is 13. The standard InChI is InChI=1S/C18H30O2.Ca.2H/c1-2-3-4-5-6-7-8-9-10-11-12-13-14-15-16-17-18(19)20;;;/h6-7,9-10,12-13H,2-5,8,11,14-17H2,1H3,(H,19,20);;;/q;+2;2*-1/b7-6-,10-9-,13-12-;;;. The van der Waals surface area contributed by atoms with Crippen molar-refractivity contribution < 1.29 is 12.8 Å². The summed E-state index contributed by atoms with van der Waals surface area (Å²) in [7, 11) is 0. The molecule has 0 heterocycles. The largest absolute Gasteiger partial charge is 2.00 e. The van der Waals surface area contributed by atoms with Crippen LogP contribution in [0.25, 0.3) is 0 Å². The van der Waals surface area contributed by atoms with E-state index >= 15 is 0 Å². The first kappa shape index (κ1) is 23.2. The zero-order valence-corrected chi connectivity index (χ0v) is 15.8. The van der Waals surface area contributed by atoms with Gasteiger partial charge in [-0.05, 0) is 44.9 Å². The molecule has 0 amide bonds. The number of hydrogen-bond donors (Lipinski definition) is 1. The molecule has 0 bridgehead atoms. The molecule has 0 radical (unpaired) electrons. The van der Waals surface area contributed by atoms with E-state index in [-0.39, 0.29) is 40.6 Å². The van der Waals surface area contributed by atoms with Crippen molar-refractivity contribution in [1.82, 2.24) is 0 Å². The van der Waals surface area contributed by atoms with Gasteiger partial charge in [-0.25, -0.2) is 0 Å². The van der Waals surface area contributed by atoms with E-state index in [1.54, 1.807) is 0 Å². The molecule has 0 aliphatic rings. The Labute approximate surface area is 163 Å². The molecule has 0 fully saturated rings. The van der Waals surface area contributed by atoms with Crippen LogP contribution in [0.15, 0.2) is 36.5 Å². The van der Waals surface area contributed by atoms with E-state index in [0.29, 0.717) is 6.42 Å². The van der Waals surface area contributed by atoms with Gasteiger partial charge in [0.05, 0.1) is 0 Å². The van der Waals surface area contributed by atoms with Crippen molar-refractivity contribution in [2.24, 2.45) is 0 Å². The van der Waals surface area contributed by atoms with Gasteiger partial charge in [-0.15, -0.1) is 0 Å². The van der Waals surface area contributed by atoms with Gasteiger partial charge in [0.1, 0.15) is 0 Å². The van der Waals surface area contributed by atoms with Crippen molar-refractivity contribution in [3.8, 4) is 0 Å². The second-order valence-electron chi connectivity index (χ2n) is 5.02. The first-order valence-electron chi connectivity index (χ1n) is 7.94. The average Bonchev–Trinajstić information content (AvgIpc) is 2.43. The first-order chi connectivity index (χ1) is 9.77. The Balaban J connectivity index is -0.000000602. The molecule has 0 aromatic heterocycles. The Bertz CT molecular complexity index is 316. The van der Waals surface area contributed by atoms with Gasteiger partial charge >= 0.3 is 43.7 Å². The van der Waals surface area contributed by atoms with E-state index in [9.17, 15) is 4.79 Å². The van der Waals surface area contributed by atoms with Crippen molar-refractivity contribution in [1.29, 1.82) is 0 Å². The van der Waals surface area contributed by atoms with Crippen LogP contribution in [0.3, 0.4) is 0 Å². The maximum absolute atomic E-state index is 10.3. The molecule has 0 aliphatic carbocycles. The van der Waals surface area contributed by atoms with E-state index in [4.69, 9.17) is 5.11 Å². The third kappa shape index (κ3) is 22.4. The van der Waals surface area contributed by atoms with Gasteiger partial charge in [0.2, 0.25) is 0 Å². The fourth-order valence-electron chi connectivity index (χ4n) is 1.83. The van der Waals surface area contributed by atoms with Crippen LogP contribution in [0.2, 0.25) is 0 Å². The monoisotopic (exact) mass is 320 g/mol. The zero-order chi connectivity index (χ0) is 14.9. The van der Waals surface area contributed by atoms with E-state index in [2.05, 4.69) is 43.4 Å². The Kier molecular flexibility index (Phi) is 22.1. The van der Waals surface area contributed by atoms with E-state index < -0.39 is 5.97 Å². The summed E-state index contributed by atoms with van der Waals surface area (Å²) in [6.07, 6.45) is 23.3. The van der Waals surface area contributed by atoms with Gasteiger partial charge in [0.15, 0.2) is 0 Å². The van der Waals surface area contributed by atoms with Crippen molar-refractivity contribution >= 4 is 43.7 Å². The molecule has 0 saturated carbocycles. The summed E-state index contributed by atoms with van der Waals surface area (Å²) in [5.41, 5.74) is 0. The Morgan fingerprint density at radius 2 is 1.33 bits per heavy atom. The minimum atomic E-state index is -0.695. The minimum absolute atomic E-state index is 0. The average molecular weight is 321 g/mol. The Hall–Kier alpha value is -0.0503. The number of hydrogen-bond acceptors (Lipinski definition) is 1. The Morgan fingerprint density at radius 1 is 0.857 bits per heavy atom. The summed E-state index contributed by atoms with van der Waals surface area (Å²) in [6, 6.07) is 0. The van der Waals surface area contributed by atoms with Gasteiger partial charge in [-0.3, -0.25) is 4.79 Å². The van der Waals surface area contributed by atoms with Crippen LogP contribution in [0.4, 0.5) is 0 Å². The van der Waals surface area contributed by atoms with Crippen LogP contribution in [-0.2, 0) is 4.79 Å². The summed E-state index contributed by atoms with van der Waals surface area (Å²) in [4.78, 5) is 10.3. The molecule has 1 N–H and O–H groups in total. The predicted molar refractivity (Wildman–Crippen MR) is 94.9 cm³/mol. The number of allylic oxidation sites excluding steroid dienone is 6. The topological polar surface area (TPSA) is 37.3 Å². The van der Waals surface area contributed by atoms with Gasteiger partial charge in [-0.2, -0.15) is 0 Å². The van der Waals surface area contributed by atoms with Crippen LogP contribution in [0.5, 0.6) is 0 Å². The van der Waals surface area contributed by atoms with Crippen molar-refractivity contribution in [3.05, 3.63) is 36.5 Å². The van der Waals surface area contributed by atoms with Crippen LogP contribution < -0.4 is 0 Å². The summed E-state index contributed by atoms with van der Waals surface area (Å²) >= 11 is 0. The van der Waals surface area contributed by atoms with Crippen LogP contribution >= 0.6 is 0 Å². The van der Waals surface area contributed by atoms with Gasteiger partial charge in [0, 0.05) is 6.42 Å². The molecular formula is C18H32CaO2. The molecule has 0 rings (SSSR count). The smallest absolute Gasteiger partial charge is 1.00 e. The molecule has 21 heavy (non-hydrogen) atoms. The van der Waals surface area contributed by atoms with Gasteiger partial charge in [-0.1, -0.05) is 56.2 Å². The molecule has 0 saturated heterocycles. The van der Waals surface area contributed by atoms with Crippen molar-refractivity contribution in [2.45, 2.75) is 71.1 Å². The fraction of sp³-hybridized carbons (Fsp3) is 0.611. The number of carboxylic acid groups (broad SMARTS) is 1. The van der Waals surface area contributed by atoms with Gasteiger partial charge in [0.25, 0.3) is 0 Å². The van der Waals surface area contributed by atoms with E-state index in [0.717, 1.165) is 32.1 Å². The SMILES string of the molecule is CCCCC/C=C\C/C=C\C/C=C\CCCCC(=O)O.[Ca+2].[H-].[H-]. The number of carbonyl (C=O) groups is 1. The van der Waals surface area contributed by atoms with Gasteiger partial charge < -0.3 is 7.96 Å². The van der Waals surface area contributed by atoms with Crippen LogP contribution in [-0.4, -0.2) is 48.8 Å². The van der Waals surface area contributed by atoms with Crippen molar-refractivity contribution in [2.75, 3.05) is 0 Å². The fourth-order valence-corrected chi connectivity index (χ4v) is 1.83. The Morgan fingerprint density at radius 3 is 1.81 bits per heavy atom. The normalized spacial score (nSPS) is 11.5. The summed E-state index contributed by atoms with van der Waals surface area (Å²) < 4.78 is 0. The predicted octanol–water partition coefficient (Wildman–Crippen LogP) is 5.50. The van der Waals surface area contributed by atoms with E-state index in [1.165, 1.54) is 25.7 Å². The number of aliphatic carboxylic acids is 1. The second-order valence-corrected chi connectivity index (χ2v) is 5.02. The number of unbranched alkanes of at least 4 members (excludes halogenated alkanes) is 5. The maximum atomic E-state index is 10.3. The van der Waals surface area contributed by atoms with E-state index in [1.807, 2.05) is 0 Å². The number of carboxylic acids is 1. The molecule has 0 spiro atoms. The molecule has 0 aliphatic heterocycles. The molecule has 0 atom stereocenters. The summed E-state index contributed by atoms with van der Waals surface area (Å²) in [5.74, 6) is -0.695. The third-order valence-corrected chi connectivity index (χ3v) is 3.03. The quantitative estimate of drug-likeness (QED) is 0.276. The molecule has 3 heteroatoms. The minimum Gasteiger partial charge on any atom is -1.00 e. The molecule has 0 aromatic rings. The maximum Gasteiger partial charge on any atom is 2.00 e.